The van der Waals surface area contributed by atoms with Crippen LogP contribution >= 0.6 is 0 Å². The lowest BCUT2D eigenvalue weighted by Gasteiger charge is -2.08. The second kappa shape index (κ2) is 7.71. The Labute approximate surface area is 108 Å². The van der Waals surface area contributed by atoms with Gasteiger partial charge in [-0.2, -0.15) is 0 Å². The summed E-state index contributed by atoms with van der Waals surface area (Å²) in [6, 6.07) is 5.00. The number of aryl methyl sites for hydroxylation is 1. The second-order valence-corrected chi connectivity index (χ2v) is 4.24. The SMILES string of the molecule is CCCCOCCNC(=O)c1ccc(C)cc1O. The zero-order valence-electron chi connectivity index (χ0n) is 11.0. The first-order chi connectivity index (χ1) is 8.65. The van der Waals surface area contributed by atoms with Crippen LogP contribution in [-0.4, -0.2) is 30.8 Å². The molecule has 1 rings (SSSR count). The van der Waals surface area contributed by atoms with E-state index in [-0.39, 0.29) is 11.7 Å². The maximum atomic E-state index is 11.7. The fraction of sp³-hybridized carbons (Fsp3) is 0.500. The Morgan fingerprint density at radius 2 is 2.17 bits per heavy atom. The summed E-state index contributed by atoms with van der Waals surface area (Å²) < 4.78 is 5.33. The van der Waals surface area contributed by atoms with Gasteiger partial charge in [0.1, 0.15) is 5.75 Å². The summed E-state index contributed by atoms with van der Waals surface area (Å²) in [5, 5.41) is 12.4. The Hall–Kier alpha value is -1.55. The van der Waals surface area contributed by atoms with E-state index in [0.29, 0.717) is 18.7 Å². The van der Waals surface area contributed by atoms with Crippen molar-refractivity contribution in [1.82, 2.24) is 5.32 Å². The Balaban J connectivity index is 2.32. The Kier molecular flexibility index (Phi) is 6.22. The maximum absolute atomic E-state index is 11.7. The normalized spacial score (nSPS) is 10.3. The molecule has 0 atom stereocenters. The first kappa shape index (κ1) is 14.5. The van der Waals surface area contributed by atoms with Crippen molar-refractivity contribution in [1.29, 1.82) is 0 Å². The molecule has 0 fully saturated rings. The van der Waals surface area contributed by atoms with Gasteiger partial charge in [0.15, 0.2) is 0 Å². The molecule has 0 saturated carbocycles. The molecule has 0 aliphatic rings. The van der Waals surface area contributed by atoms with Crippen molar-refractivity contribution in [3.8, 4) is 5.75 Å². The highest BCUT2D eigenvalue weighted by atomic mass is 16.5. The van der Waals surface area contributed by atoms with Gasteiger partial charge in [-0.3, -0.25) is 4.79 Å². The van der Waals surface area contributed by atoms with Gasteiger partial charge in [-0.05, 0) is 31.0 Å². The molecule has 0 aromatic heterocycles. The lowest BCUT2D eigenvalue weighted by atomic mass is 10.1. The zero-order valence-corrected chi connectivity index (χ0v) is 11.0. The van der Waals surface area contributed by atoms with Gasteiger partial charge in [0, 0.05) is 13.2 Å². The third-order valence-electron chi connectivity index (χ3n) is 2.57. The number of ether oxygens (including phenoxy) is 1. The number of hydrogen-bond donors (Lipinski definition) is 2. The molecule has 4 nitrogen and oxygen atoms in total. The van der Waals surface area contributed by atoms with Crippen LogP contribution in [0.15, 0.2) is 18.2 Å². The molecule has 4 heteroatoms. The monoisotopic (exact) mass is 251 g/mol. The average molecular weight is 251 g/mol. The van der Waals surface area contributed by atoms with Crippen molar-refractivity contribution in [2.45, 2.75) is 26.7 Å². The number of unbranched alkanes of at least 4 members (excludes halogenated alkanes) is 1. The van der Waals surface area contributed by atoms with Crippen LogP contribution in [0, 0.1) is 6.92 Å². The highest BCUT2D eigenvalue weighted by Crippen LogP contribution is 2.17. The Morgan fingerprint density at radius 3 is 2.83 bits per heavy atom. The molecular formula is C14H21NO3. The molecule has 0 aliphatic carbocycles. The van der Waals surface area contributed by atoms with Crippen LogP contribution in [0.3, 0.4) is 0 Å². The van der Waals surface area contributed by atoms with Crippen molar-refractivity contribution in [3.63, 3.8) is 0 Å². The molecule has 0 aliphatic heterocycles. The maximum Gasteiger partial charge on any atom is 0.255 e. The Bertz CT molecular complexity index is 391. The second-order valence-electron chi connectivity index (χ2n) is 4.24. The first-order valence-corrected chi connectivity index (χ1v) is 6.30. The summed E-state index contributed by atoms with van der Waals surface area (Å²) in [6.45, 7) is 5.64. The van der Waals surface area contributed by atoms with E-state index in [1.165, 1.54) is 0 Å². The van der Waals surface area contributed by atoms with Gasteiger partial charge in [0.25, 0.3) is 5.91 Å². The molecule has 100 valence electrons. The van der Waals surface area contributed by atoms with Crippen LogP contribution in [0.5, 0.6) is 5.75 Å². The number of nitrogens with one attached hydrogen (secondary N) is 1. The smallest absolute Gasteiger partial charge is 0.255 e. The topological polar surface area (TPSA) is 58.6 Å². The average Bonchev–Trinajstić information content (AvgIpc) is 2.33. The van der Waals surface area contributed by atoms with Crippen molar-refractivity contribution >= 4 is 5.91 Å². The van der Waals surface area contributed by atoms with Crippen molar-refractivity contribution < 1.29 is 14.6 Å². The van der Waals surface area contributed by atoms with E-state index in [1.807, 2.05) is 6.92 Å². The van der Waals surface area contributed by atoms with E-state index in [2.05, 4.69) is 12.2 Å². The molecule has 0 heterocycles. The van der Waals surface area contributed by atoms with E-state index in [4.69, 9.17) is 4.74 Å². The molecule has 1 aromatic rings. The highest BCUT2D eigenvalue weighted by Gasteiger charge is 2.09. The summed E-state index contributed by atoms with van der Waals surface area (Å²) in [6.07, 6.45) is 2.14. The van der Waals surface area contributed by atoms with Gasteiger partial charge in [-0.15, -0.1) is 0 Å². The van der Waals surface area contributed by atoms with Gasteiger partial charge in [0.05, 0.1) is 12.2 Å². The van der Waals surface area contributed by atoms with Crippen LogP contribution in [0.1, 0.15) is 35.7 Å². The standard InChI is InChI=1S/C14H21NO3/c1-3-4-8-18-9-7-15-14(17)12-6-5-11(2)10-13(12)16/h5-6,10,16H,3-4,7-9H2,1-2H3,(H,15,17). The predicted octanol–water partition coefficient (Wildman–Crippen LogP) is 2.25. The fourth-order valence-electron chi connectivity index (χ4n) is 1.51. The molecule has 0 saturated heterocycles. The number of rotatable bonds is 7. The predicted molar refractivity (Wildman–Crippen MR) is 70.9 cm³/mol. The molecule has 0 spiro atoms. The summed E-state index contributed by atoms with van der Waals surface area (Å²) in [4.78, 5) is 11.7. The van der Waals surface area contributed by atoms with Crippen LogP contribution < -0.4 is 5.32 Å². The molecule has 18 heavy (non-hydrogen) atoms. The first-order valence-electron chi connectivity index (χ1n) is 6.30. The van der Waals surface area contributed by atoms with Gasteiger partial charge in [-0.1, -0.05) is 19.4 Å². The number of phenolic OH excluding ortho intramolecular Hbond substituents is 1. The number of benzene rings is 1. The minimum absolute atomic E-state index is 0.0133. The van der Waals surface area contributed by atoms with Crippen molar-refractivity contribution in [2.24, 2.45) is 0 Å². The third-order valence-corrected chi connectivity index (χ3v) is 2.57. The van der Waals surface area contributed by atoms with Gasteiger partial charge in [0.2, 0.25) is 0 Å². The minimum Gasteiger partial charge on any atom is -0.507 e. The number of phenols is 1. The van der Waals surface area contributed by atoms with Gasteiger partial charge < -0.3 is 15.2 Å². The van der Waals surface area contributed by atoms with E-state index < -0.39 is 0 Å². The fourth-order valence-corrected chi connectivity index (χ4v) is 1.51. The summed E-state index contributed by atoms with van der Waals surface area (Å²) in [5.41, 5.74) is 1.22. The van der Waals surface area contributed by atoms with Gasteiger partial charge in [-0.25, -0.2) is 0 Å². The lowest BCUT2D eigenvalue weighted by Crippen LogP contribution is -2.27. The summed E-state index contributed by atoms with van der Waals surface area (Å²) >= 11 is 0. The highest BCUT2D eigenvalue weighted by molar-refractivity contribution is 5.96. The molecule has 2 N–H and O–H groups in total. The minimum atomic E-state index is -0.272. The molecule has 0 bridgehead atoms. The Morgan fingerprint density at radius 1 is 1.39 bits per heavy atom. The largest absolute Gasteiger partial charge is 0.507 e. The molecule has 0 unspecified atom stereocenters. The van der Waals surface area contributed by atoms with Crippen LogP contribution in [0.25, 0.3) is 0 Å². The molecule has 0 radical (unpaired) electrons. The molecule has 1 amide bonds. The van der Waals surface area contributed by atoms with E-state index >= 15 is 0 Å². The van der Waals surface area contributed by atoms with E-state index in [0.717, 1.165) is 25.0 Å². The van der Waals surface area contributed by atoms with Crippen LogP contribution in [0.2, 0.25) is 0 Å². The number of amides is 1. The number of carbonyl (C=O) groups excluding carboxylic acids is 1. The van der Waals surface area contributed by atoms with E-state index in [1.54, 1.807) is 18.2 Å². The zero-order chi connectivity index (χ0) is 13.4. The number of hydrogen-bond acceptors (Lipinski definition) is 3. The van der Waals surface area contributed by atoms with E-state index in [9.17, 15) is 9.90 Å². The van der Waals surface area contributed by atoms with Crippen LogP contribution in [0.4, 0.5) is 0 Å². The third kappa shape index (κ3) is 4.75. The molecular weight excluding hydrogens is 230 g/mol. The van der Waals surface area contributed by atoms with Crippen LogP contribution in [-0.2, 0) is 4.74 Å². The lowest BCUT2D eigenvalue weighted by molar-refractivity contribution is 0.0910. The summed E-state index contributed by atoms with van der Waals surface area (Å²) in [5.74, 6) is -0.258. The van der Waals surface area contributed by atoms with Crippen molar-refractivity contribution in [2.75, 3.05) is 19.8 Å². The van der Waals surface area contributed by atoms with Gasteiger partial charge >= 0.3 is 0 Å². The number of carbonyl (C=O) groups is 1. The summed E-state index contributed by atoms with van der Waals surface area (Å²) in [7, 11) is 0. The van der Waals surface area contributed by atoms with Crippen molar-refractivity contribution in [3.05, 3.63) is 29.3 Å². The quantitative estimate of drug-likeness (QED) is 0.731. The molecule has 1 aromatic carbocycles. The number of aromatic hydroxyl groups is 1.